The highest BCUT2D eigenvalue weighted by molar-refractivity contribution is 5.90. The zero-order chi connectivity index (χ0) is 10.8. The van der Waals surface area contributed by atoms with Gasteiger partial charge in [-0.05, 0) is 6.07 Å². The summed E-state index contributed by atoms with van der Waals surface area (Å²) in [5.41, 5.74) is 5.35. The van der Waals surface area contributed by atoms with Crippen LogP contribution in [0.4, 0.5) is 0 Å². The van der Waals surface area contributed by atoms with Gasteiger partial charge in [0.15, 0.2) is 0 Å². The Labute approximate surface area is 84.3 Å². The average Bonchev–Trinajstić information content (AvgIpc) is 2.28. The Morgan fingerprint density at radius 1 is 1.47 bits per heavy atom. The molecule has 6 heteroatoms. The van der Waals surface area contributed by atoms with Crippen molar-refractivity contribution in [2.45, 2.75) is 0 Å². The molecule has 0 amide bonds. The molecule has 1 heterocycles. The summed E-state index contributed by atoms with van der Waals surface area (Å²) in [6.07, 6.45) is 1.44. The first-order valence-corrected chi connectivity index (χ1v) is 4.19. The van der Waals surface area contributed by atoms with Gasteiger partial charge in [-0.1, -0.05) is 23.4 Å². The number of hydrogen-bond acceptors (Lipinski definition) is 4. The van der Waals surface area contributed by atoms with Crippen molar-refractivity contribution < 1.29 is 5.21 Å². The van der Waals surface area contributed by atoms with Gasteiger partial charge in [0.2, 0.25) is 5.96 Å². The largest absolute Gasteiger partial charge is 0.408 e. The minimum atomic E-state index is -0.580. The summed E-state index contributed by atoms with van der Waals surface area (Å²) in [5.74, 6) is -0.302. The highest BCUT2D eigenvalue weighted by Gasteiger charge is 2.06. The third-order valence-corrected chi connectivity index (χ3v) is 2.01. The molecule has 1 aromatic carbocycles. The van der Waals surface area contributed by atoms with E-state index in [1.54, 1.807) is 18.2 Å². The topological polar surface area (TPSA) is 93.5 Å². The molecule has 0 unspecified atom stereocenters. The van der Waals surface area contributed by atoms with Crippen LogP contribution in [0.5, 0.6) is 0 Å². The molecule has 3 N–H and O–H groups in total. The zero-order valence-electron chi connectivity index (χ0n) is 7.66. The zero-order valence-corrected chi connectivity index (χ0v) is 7.66. The first-order chi connectivity index (χ1) is 7.24. The monoisotopic (exact) mass is 204 g/mol. The summed E-state index contributed by atoms with van der Waals surface area (Å²) in [5, 5.41) is 12.1. The molecule has 6 nitrogen and oxygen atoms in total. The molecule has 0 saturated carbocycles. The molecule has 76 valence electrons. The van der Waals surface area contributed by atoms with E-state index in [0.29, 0.717) is 5.52 Å². The maximum Gasteiger partial charge on any atom is 0.355 e. The molecule has 0 atom stereocenters. The molecule has 2 aromatic rings. The third-order valence-electron chi connectivity index (χ3n) is 2.01. The van der Waals surface area contributed by atoms with Crippen molar-refractivity contribution in [3.63, 3.8) is 0 Å². The molecule has 0 aliphatic carbocycles. The van der Waals surface area contributed by atoms with E-state index in [0.717, 1.165) is 9.95 Å². The van der Waals surface area contributed by atoms with Gasteiger partial charge < -0.3 is 10.9 Å². The number of rotatable bonds is 0. The molecule has 0 aliphatic rings. The molecular weight excluding hydrogens is 196 g/mol. The maximum absolute atomic E-state index is 11.4. The molecule has 1 aromatic heterocycles. The first kappa shape index (κ1) is 9.20. The Morgan fingerprint density at radius 2 is 2.20 bits per heavy atom. The van der Waals surface area contributed by atoms with Crippen LogP contribution in [-0.2, 0) is 0 Å². The Morgan fingerprint density at radius 3 is 2.93 bits per heavy atom. The Balaban J connectivity index is 2.92. The van der Waals surface area contributed by atoms with Crippen molar-refractivity contribution in [1.82, 2.24) is 9.55 Å². The van der Waals surface area contributed by atoms with Crippen LogP contribution in [0.25, 0.3) is 10.9 Å². The molecular formula is C9H8N4O2. The number of para-hydroxylation sites is 1. The first-order valence-electron chi connectivity index (χ1n) is 4.19. The number of nitrogens with zero attached hydrogens (tertiary/aromatic N) is 3. The van der Waals surface area contributed by atoms with Crippen LogP contribution in [0.3, 0.4) is 0 Å². The second kappa shape index (κ2) is 3.41. The highest BCUT2D eigenvalue weighted by atomic mass is 16.4. The van der Waals surface area contributed by atoms with Crippen LogP contribution < -0.4 is 11.4 Å². The molecule has 0 saturated heterocycles. The summed E-state index contributed by atoms with van der Waals surface area (Å²) in [7, 11) is 0. The average molecular weight is 204 g/mol. The van der Waals surface area contributed by atoms with Crippen molar-refractivity contribution in [2.24, 2.45) is 10.9 Å². The van der Waals surface area contributed by atoms with Gasteiger partial charge in [0.05, 0.1) is 5.52 Å². The van der Waals surface area contributed by atoms with E-state index in [4.69, 9.17) is 10.9 Å². The van der Waals surface area contributed by atoms with Gasteiger partial charge in [-0.15, -0.1) is 0 Å². The van der Waals surface area contributed by atoms with E-state index in [1.807, 2.05) is 6.07 Å². The van der Waals surface area contributed by atoms with Gasteiger partial charge in [-0.2, -0.15) is 0 Å². The van der Waals surface area contributed by atoms with Crippen molar-refractivity contribution in [3.8, 4) is 0 Å². The van der Waals surface area contributed by atoms with Gasteiger partial charge in [0.1, 0.15) is 0 Å². The second-order valence-electron chi connectivity index (χ2n) is 2.89. The number of hydrogen-bond donors (Lipinski definition) is 2. The van der Waals surface area contributed by atoms with Crippen molar-refractivity contribution >= 4 is 16.9 Å². The van der Waals surface area contributed by atoms with Crippen LogP contribution >= 0.6 is 0 Å². The highest BCUT2D eigenvalue weighted by Crippen LogP contribution is 2.08. The number of aromatic nitrogens is 2. The lowest BCUT2D eigenvalue weighted by atomic mass is 10.2. The van der Waals surface area contributed by atoms with Crippen LogP contribution in [-0.4, -0.2) is 20.7 Å². The summed E-state index contributed by atoms with van der Waals surface area (Å²) < 4.78 is 1.04. The van der Waals surface area contributed by atoms with Crippen LogP contribution in [0.2, 0.25) is 0 Å². The summed E-state index contributed by atoms with van der Waals surface area (Å²) in [4.78, 5) is 15.0. The van der Waals surface area contributed by atoms with Gasteiger partial charge >= 0.3 is 5.69 Å². The van der Waals surface area contributed by atoms with E-state index in [-0.39, 0.29) is 5.96 Å². The fraction of sp³-hybridized carbons (Fsp3) is 0. The lowest BCUT2D eigenvalue weighted by molar-refractivity contribution is 0.316. The van der Waals surface area contributed by atoms with E-state index < -0.39 is 5.69 Å². The Bertz CT molecular complexity index is 588. The SMILES string of the molecule is N/C(=N\O)n1c(=O)ncc2ccccc21. The van der Waals surface area contributed by atoms with E-state index >= 15 is 0 Å². The number of benzene rings is 1. The van der Waals surface area contributed by atoms with E-state index in [2.05, 4.69) is 10.1 Å². The molecule has 0 bridgehead atoms. The molecule has 15 heavy (non-hydrogen) atoms. The van der Waals surface area contributed by atoms with Crippen molar-refractivity contribution in [1.29, 1.82) is 0 Å². The standard InChI is InChI=1S/C9H8N4O2/c10-8(12-15)13-7-4-2-1-3-6(7)5-11-9(13)14/h1-5,15H,(H2,10,12). The van der Waals surface area contributed by atoms with Crippen molar-refractivity contribution in [3.05, 3.63) is 40.9 Å². The minimum Gasteiger partial charge on any atom is -0.408 e. The number of fused-ring (bicyclic) bond motifs is 1. The van der Waals surface area contributed by atoms with E-state index in [1.165, 1.54) is 6.20 Å². The lowest BCUT2D eigenvalue weighted by Crippen LogP contribution is -2.34. The normalized spacial score (nSPS) is 11.9. The van der Waals surface area contributed by atoms with Crippen molar-refractivity contribution in [2.75, 3.05) is 0 Å². The van der Waals surface area contributed by atoms with Crippen LogP contribution in [0.15, 0.2) is 40.4 Å². The predicted molar refractivity (Wildman–Crippen MR) is 54.8 cm³/mol. The smallest absolute Gasteiger partial charge is 0.355 e. The summed E-state index contributed by atoms with van der Waals surface area (Å²) >= 11 is 0. The fourth-order valence-corrected chi connectivity index (χ4v) is 1.35. The Hall–Kier alpha value is -2.37. The fourth-order valence-electron chi connectivity index (χ4n) is 1.35. The van der Waals surface area contributed by atoms with Crippen LogP contribution in [0, 0.1) is 0 Å². The molecule has 0 aliphatic heterocycles. The van der Waals surface area contributed by atoms with Gasteiger partial charge in [0.25, 0.3) is 0 Å². The second-order valence-corrected chi connectivity index (χ2v) is 2.89. The van der Waals surface area contributed by atoms with Gasteiger partial charge in [-0.3, -0.25) is 0 Å². The van der Waals surface area contributed by atoms with Crippen LogP contribution in [0.1, 0.15) is 0 Å². The quantitative estimate of drug-likeness (QED) is 0.272. The van der Waals surface area contributed by atoms with Gasteiger partial charge in [-0.25, -0.2) is 14.3 Å². The van der Waals surface area contributed by atoms with Gasteiger partial charge in [0, 0.05) is 11.6 Å². The lowest BCUT2D eigenvalue weighted by Gasteiger charge is -2.05. The predicted octanol–water partition coefficient (Wildman–Crippen LogP) is -0.0515. The Kier molecular flexibility index (Phi) is 2.09. The number of nitrogens with two attached hydrogens (primary N) is 1. The summed E-state index contributed by atoms with van der Waals surface area (Å²) in [6, 6.07) is 7.04. The third kappa shape index (κ3) is 1.41. The molecule has 0 fully saturated rings. The molecule has 0 spiro atoms. The molecule has 0 radical (unpaired) electrons. The number of oxime groups is 1. The maximum atomic E-state index is 11.4. The minimum absolute atomic E-state index is 0.302. The summed E-state index contributed by atoms with van der Waals surface area (Å²) in [6.45, 7) is 0. The molecule has 2 rings (SSSR count). The van der Waals surface area contributed by atoms with E-state index in [9.17, 15) is 4.79 Å².